The van der Waals surface area contributed by atoms with E-state index in [1.54, 1.807) is 24.5 Å². The zero-order valence-corrected chi connectivity index (χ0v) is 13.4. The monoisotopic (exact) mass is 334 g/mol. The molecule has 1 radical (unpaired) electrons. The Kier molecular flexibility index (Phi) is 3.71. The van der Waals surface area contributed by atoms with Crippen molar-refractivity contribution < 1.29 is 9.21 Å². The lowest BCUT2D eigenvalue weighted by Gasteiger charge is -2.06. The number of benzene rings is 3. The summed E-state index contributed by atoms with van der Waals surface area (Å²) in [6, 6.07) is 19.2. The van der Waals surface area contributed by atoms with Gasteiger partial charge >= 0.3 is 0 Å². The minimum atomic E-state index is -0.215. The summed E-state index contributed by atoms with van der Waals surface area (Å²) < 4.78 is 5.44. The third-order valence-electron chi connectivity index (χ3n) is 3.87. The third kappa shape index (κ3) is 2.86. The second kappa shape index (κ2) is 6.02. The van der Waals surface area contributed by atoms with E-state index in [-0.39, 0.29) is 5.91 Å². The summed E-state index contributed by atoms with van der Waals surface area (Å²) in [5.41, 5.74) is 2.15. The summed E-state index contributed by atoms with van der Waals surface area (Å²) in [6.45, 7) is 0. The van der Waals surface area contributed by atoms with Crippen LogP contribution in [0.15, 0.2) is 71.3 Å². The molecule has 4 heteroatoms. The van der Waals surface area contributed by atoms with Gasteiger partial charge in [0.15, 0.2) is 0 Å². The highest BCUT2D eigenvalue weighted by atomic mass is 35.5. The molecule has 0 spiro atoms. The van der Waals surface area contributed by atoms with E-state index < -0.39 is 0 Å². The molecule has 0 aliphatic heterocycles. The lowest BCUT2D eigenvalue weighted by atomic mass is 10.1. The normalized spacial score (nSPS) is 11.0. The summed E-state index contributed by atoms with van der Waals surface area (Å²) >= 11 is 6.01. The number of fused-ring (bicyclic) bond motifs is 2. The van der Waals surface area contributed by atoms with Gasteiger partial charge in [-0.3, -0.25) is 4.79 Å². The molecule has 0 unspecified atom stereocenters. The summed E-state index contributed by atoms with van der Waals surface area (Å²) in [5, 5.41) is 6.52. The molecule has 1 heterocycles. The van der Waals surface area contributed by atoms with Crippen molar-refractivity contribution >= 4 is 44.9 Å². The van der Waals surface area contributed by atoms with Crippen molar-refractivity contribution in [1.82, 2.24) is 0 Å². The molecule has 4 rings (SSSR count). The average molecular weight is 335 g/mol. The molecule has 1 N–H and O–H groups in total. The number of rotatable bonds is 3. The van der Waals surface area contributed by atoms with Crippen LogP contribution in [0, 0.1) is 6.42 Å². The number of nitrogens with one attached hydrogen (secondary N) is 1. The van der Waals surface area contributed by atoms with Crippen molar-refractivity contribution in [3.05, 3.63) is 83.9 Å². The van der Waals surface area contributed by atoms with Crippen molar-refractivity contribution in [3.63, 3.8) is 0 Å². The Balaban J connectivity index is 1.55. The SMILES string of the molecule is O=C([CH]c1coc2ccc(Cl)cc12)Nc1ccc2ccccc2c1. The average Bonchev–Trinajstić information content (AvgIpc) is 2.97. The standard InChI is InChI=1S/C20H13ClNO2/c21-16-6-8-19-18(11-16)15(12-24-19)10-20(23)22-17-7-5-13-3-1-2-4-14(13)9-17/h1-12H,(H,22,23). The fraction of sp³-hybridized carbons (Fsp3) is 0. The van der Waals surface area contributed by atoms with Crippen LogP contribution in [0.25, 0.3) is 21.7 Å². The summed E-state index contributed by atoms with van der Waals surface area (Å²) in [6.07, 6.45) is 3.07. The van der Waals surface area contributed by atoms with Gasteiger partial charge in [0.1, 0.15) is 5.58 Å². The number of hydrogen-bond acceptors (Lipinski definition) is 2. The van der Waals surface area contributed by atoms with Gasteiger partial charge in [-0.15, -0.1) is 0 Å². The second-order valence-electron chi connectivity index (χ2n) is 5.53. The number of halogens is 1. The quantitative estimate of drug-likeness (QED) is 0.542. The first-order chi connectivity index (χ1) is 11.7. The van der Waals surface area contributed by atoms with E-state index in [0.29, 0.717) is 16.2 Å². The van der Waals surface area contributed by atoms with Gasteiger partial charge in [0, 0.05) is 21.7 Å². The molecule has 3 nitrogen and oxygen atoms in total. The lowest BCUT2D eigenvalue weighted by molar-refractivity contribution is -0.112. The predicted molar refractivity (Wildman–Crippen MR) is 97.2 cm³/mol. The number of anilines is 1. The van der Waals surface area contributed by atoms with Crippen LogP contribution < -0.4 is 5.32 Å². The number of amides is 1. The van der Waals surface area contributed by atoms with Crippen LogP contribution in [0.4, 0.5) is 5.69 Å². The van der Waals surface area contributed by atoms with E-state index in [4.69, 9.17) is 16.0 Å². The van der Waals surface area contributed by atoms with Gasteiger partial charge in [0.05, 0.1) is 12.7 Å². The van der Waals surface area contributed by atoms with Gasteiger partial charge in [-0.2, -0.15) is 0 Å². The maximum atomic E-state index is 12.3. The van der Waals surface area contributed by atoms with E-state index in [9.17, 15) is 4.79 Å². The number of furan rings is 1. The molecule has 4 aromatic rings. The van der Waals surface area contributed by atoms with Crippen LogP contribution in [0.5, 0.6) is 0 Å². The zero-order chi connectivity index (χ0) is 16.5. The highest BCUT2D eigenvalue weighted by Crippen LogP contribution is 2.26. The van der Waals surface area contributed by atoms with Crippen LogP contribution in [-0.4, -0.2) is 5.91 Å². The van der Waals surface area contributed by atoms with Gasteiger partial charge in [0.2, 0.25) is 5.91 Å². The Morgan fingerprint density at radius 1 is 1.00 bits per heavy atom. The van der Waals surface area contributed by atoms with Gasteiger partial charge < -0.3 is 9.73 Å². The fourth-order valence-electron chi connectivity index (χ4n) is 2.72. The summed E-state index contributed by atoms with van der Waals surface area (Å²) in [5.74, 6) is -0.215. The maximum absolute atomic E-state index is 12.3. The van der Waals surface area contributed by atoms with Crippen molar-refractivity contribution in [2.75, 3.05) is 5.32 Å². The molecule has 1 aromatic heterocycles. The molecule has 0 atom stereocenters. The Morgan fingerprint density at radius 2 is 1.83 bits per heavy atom. The highest BCUT2D eigenvalue weighted by molar-refractivity contribution is 6.31. The molecule has 0 saturated heterocycles. The molecule has 1 amide bonds. The van der Waals surface area contributed by atoms with E-state index in [2.05, 4.69) is 5.32 Å². The van der Waals surface area contributed by atoms with Crippen LogP contribution >= 0.6 is 11.6 Å². The Hall–Kier alpha value is -2.78. The number of carbonyl (C=O) groups is 1. The van der Waals surface area contributed by atoms with Gasteiger partial charge in [-0.25, -0.2) is 0 Å². The molecule has 0 bridgehead atoms. The predicted octanol–water partition coefficient (Wildman–Crippen LogP) is 5.43. The van der Waals surface area contributed by atoms with E-state index >= 15 is 0 Å². The zero-order valence-electron chi connectivity index (χ0n) is 12.6. The molecule has 117 valence electrons. The molecule has 3 aromatic carbocycles. The maximum Gasteiger partial charge on any atom is 0.233 e. The van der Waals surface area contributed by atoms with Crippen molar-refractivity contribution in [3.8, 4) is 0 Å². The molecular weight excluding hydrogens is 322 g/mol. The fourth-order valence-corrected chi connectivity index (χ4v) is 2.89. The van der Waals surface area contributed by atoms with Gasteiger partial charge in [-0.1, -0.05) is 41.9 Å². The third-order valence-corrected chi connectivity index (χ3v) is 4.10. The van der Waals surface area contributed by atoms with Crippen LogP contribution in [0.1, 0.15) is 5.56 Å². The van der Waals surface area contributed by atoms with Crippen LogP contribution in [-0.2, 0) is 4.79 Å². The molecule has 0 aliphatic rings. The summed E-state index contributed by atoms with van der Waals surface area (Å²) in [4.78, 5) is 12.3. The van der Waals surface area contributed by atoms with Crippen molar-refractivity contribution in [2.45, 2.75) is 0 Å². The minimum Gasteiger partial charge on any atom is -0.464 e. The first-order valence-electron chi connectivity index (χ1n) is 7.50. The van der Waals surface area contributed by atoms with Crippen molar-refractivity contribution in [2.24, 2.45) is 0 Å². The van der Waals surface area contributed by atoms with Crippen LogP contribution in [0.3, 0.4) is 0 Å². The topological polar surface area (TPSA) is 42.2 Å². The Morgan fingerprint density at radius 3 is 2.71 bits per heavy atom. The summed E-state index contributed by atoms with van der Waals surface area (Å²) in [7, 11) is 0. The Labute approximate surface area is 143 Å². The largest absolute Gasteiger partial charge is 0.464 e. The molecular formula is C20H13ClNO2. The molecule has 0 saturated carbocycles. The first kappa shape index (κ1) is 14.8. The second-order valence-corrected chi connectivity index (χ2v) is 5.96. The van der Waals surface area contributed by atoms with E-state index in [1.807, 2.05) is 42.5 Å². The molecule has 0 aliphatic carbocycles. The minimum absolute atomic E-state index is 0.215. The number of carbonyl (C=O) groups excluding carboxylic acids is 1. The smallest absolute Gasteiger partial charge is 0.233 e. The van der Waals surface area contributed by atoms with Gasteiger partial charge in [0.25, 0.3) is 0 Å². The van der Waals surface area contributed by atoms with Gasteiger partial charge in [-0.05, 0) is 41.1 Å². The van der Waals surface area contributed by atoms with Crippen LogP contribution in [0.2, 0.25) is 5.02 Å². The van der Waals surface area contributed by atoms with E-state index in [0.717, 1.165) is 21.8 Å². The number of hydrogen-bond donors (Lipinski definition) is 1. The first-order valence-corrected chi connectivity index (χ1v) is 7.88. The highest BCUT2D eigenvalue weighted by Gasteiger charge is 2.12. The molecule has 0 fully saturated rings. The Bertz CT molecular complexity index is 1050. The molecule has 24 heavy (non-hydrogen) atoms. The van der Waals surface area contributed by atoms with Crippen molar-refractivity contribution in [1.29, 1.82) is 0 Å². The lowest BCUT2D eigenvalue weighted by Crippen LogP contribution is -2.12. The van der Waals surface area contributed by atoms with E-state index in [1.165, 1.54) is 6.42 Å².